The van der Waals surface area contributed by atoms with Gasteiger partial charge in [-0.1, -0.05) is 46.3 Å². The Labute approximate surface area is 619 Å². The molecule has 6 amide bonds. The number of carbonyl (C=O) groups excluding carboxylic acids is 8. The molecule has 6 aromatic carbocycles. The molecule has 11 aliphatic heterocycles. The number of imide groups is 3. The number of hydrogen-bond acceptors (Lipinski definition) is 24. The fourth-order valence-electron chi connectivity index (χ4n) is 18.3. The minimum Gasteiger partial charge on any atom is -0.504 e. The molecule has 0 saturated carbocycles. The van der Waals surface area contributed by atoms with Crippen molar-refractivity contribution in [2.75, 3.05) is 55.0 Å². The van der Waals surface area contributed by atoms with Gasteiger partial charge >= 0.3 is 11.9 Å². The first kappa shape index (κ1) is 70.5. The van der Waals surface area contributed by atoms with E-state index in [1.807, 2.05) is 34.0 Å². The fraction of sp³-hybridized carbons (Fsp3) is 0.395. The van der Waals surface area contributed by atoms with E-state index in [9.17, 15) is 59.1 Å². The van der Waals surface area contributed by atoms with E-state index in [-0.39, 0.29) is 62.1 Å². The van der Waals surface area contributed by atoms with Crippen LogP contribution in [0, 0.1) is 50.4 Å². The summed E-state index contributed by atoms with van der Waals surface area (Å²) in [5.74, 6) is 0.121. The predicted octanol–water partition coefficient (Wildman–Crippen LogP) is 8.69. The molecule has 4 bridgehead atoms. The molecule has 6 aromatic rings. The van der Waals surface area contributed by atoms with Gasteiger partial charge < -0.3 is 48.1 Å². The molecule has 17 rings (SSSR count). The van der Waals surface area contributed by atoms with Gasteiger partial charge in [0, 0.05) is 118 Å². The van der Waals surface area contributed by atoms with Crippen molar-refractivity contribution in [1.29, 1.82) is 10.5 Å². The summed E-state index contributed by atoms with van der Waals surface area (Å²) in [4.78, 5) is 112. The van der Waals surface area contributed by atoms with Crippen LogP contribution in [-0.2, 0) is 44.9 Å². The first-order valence-electron chi connectivity index (χ1n) is 34.2. The molecule has 4 unspecified atom stereocenters. The van der Waals surface area contributed by atoms with E-state index in [1.165, 1.54) is 37.9 Å². The number of carbonyl (C=O) groups is 8. The topological polar surface area (TPSA) is 321 Å². The molecule has 27 nitrogen and oxygen atoms in total. The van der Waals surface area contributed by atoms with Crippen molar-refractivity contribution >= 4 is 79.5 Å². The largest absolute Gasteiger partial charge is 0.504 e. The average molecular weight is 1560 g/mol. The van der Waals surface area contributed by atoms with Gasteiger partial charge in [-0.15, -0.1) is 0 Å². The van der Waals surface area contributed by atoms with Crippen molar-refractivity contribution in [3.05, 3.63) is 148 Å². The molecule has 29 heteroatoms. The van der Waals surface area contributed by atoms with Crippen molar-refractivity contribution < 1.29 is 86.5 Å². The maximum absolute atomic E-state index is 13.8. The van der Waals surface area contributed by atoms with Crippen LogP contribution in [-0.4, -0.2) is 182 Å². The number of halogens is 2. The van der Waals surface area contributed by atoms with Crippen LogP contribution in [0.3, 0.4) is 0 Å². The number of methoxy groups -OCH3 is 2. The molecule has 10 atom stereocenters. The summed E-state index contributed by atoms with van der Waals surface area (Å²) in [6, 6.07) is 15.3. The summed E-state index contributed by atoms with van der Waals surface area (Å²) >= 11 is 6.58. The van der Waals surface area contributed by atoms with Gasteiger partial charge in [-0.25, -0.2) is 3.93 Å². The highest BCUT2D eigenvalue weighted by Crippen LogP contribution is 2.62. The van der Waals surface area contributed by atoms with Crippen LogP contribution < -0.4 is 37.9 Å². The second-order valence-electron chi connectivity index (χ2n) is 27.9. The maximum atomic E-state index is 13.8. The lowest BCUT2D eigenvalue weighted by molar-refractivity contribution is -0.133. The Bertz CT molecular complexity index is 4890. The number of hydrogen-bond donors (Lipinski definition) is 2. The Balaban J connectivity index is 0.000000152. The van der Waals surface area contributed by atoms with Gasteiger partial charge in [-0.3, -0.25) is 67.8 Å². The summed E-state index contributed by atoms with van der Waals surface area (Å²) < 4.78 is 49.0. The van der Waals surface area contributed by atoms with E-state index < -0.39 is 83.9 Å². The quantitative estimate of drug-likeness (QED) is 0.0622. The van der Waals surface area contributed by atoms with Gasteiger partial charge in [0.15, 0.2) is 46.0 Å². The summed E-state index contributed by atoms with van der Waals surface area (Å²) in [5, 5.41) is 45.5. The Morgan fingerprint density at radius 2 is 0.933 bits per heavy atom. The SMILES string of the molecule is COc1c(C)c(Br)c2c(c1O)[C@@H]1C3Cc4c(OC(C)=O)c(C)c5c(c4[C@H](CN4C(=O)c6ccccc6C4=O)N3C(C#N)[C@H](C2)N1C)OCO5.COc1c(C)cc2c(c1O)[C@@H]1C3Cc4c(OC(C)=O)c(C)c5c(c4[C@H](CN4C(=O)c6ccccc6C4=O)N3C(C#N)[C@H](C2)N1C)OCO5.O=C1CCC(=O)N1Br. The third-order valence-corrected chi connectivity index (χ3v) is 24.5. The average Bonchev–Trinajstić information content (AvgIpc) is 1.40. The molecule has 3 saturated heterocycles. The molecule has 11 aliphatic rings. The molecule has 0 spiro atoms. The third-order valence-electron chi connectivity index (χ3n) is 22.6. The highest BCUT2D eigenvalue weighted by Gasteiger charge is 2.61. The number of fused-ring (bicyclic) bond motifs is 20. The molecule has 0 aromatic heterocycles. The van der Waals surface area contributed by atoms with Crippen molar-refractivity contribution in [2.24, 2.45) is 0 Å². The fourth-order valence-corrected chi connectivity index (χ4v) is 19.2. The number of rotatable bonds is 8. The minimum absolute atomic E-state index is 0.0219. The van der Waals surface area contributed by atoms with E-state index in [0.29, 0.717) is 151 Å². The Morgan fingerprint density at radius 1 is 0.543 bits per heavy atom. The van der Waals surface area contributed by atoms with Gasteiger partial charge in [0.05, 0.1) is 88.9 Å². The van der Waals surface area contributed by atoms with E-state index >= 15 is 0 Å². The van der Waals surface area contributed by atoms with Crippen LogP contribution >= 0.6 is 32.1 Å². The number of phenolic OH excluding ortho intramolecular Hbond substituents is 2. The molecular formula is C76H71Br2N9O18. The van der Waals surface area contributed by atoms with Crippen LogP contribution in [0.15, 0.2) is 59.1 Å². The monoisotopic (exact) mass is 1560 g/mol. The second kappa shape index (κ2) is 26.5. The highest BCUT2D eigenvalue weighted by atomic mass is 79.9. The van der Waals surface area contributed by atoms with Gasteiger partial charge in [-0.2, -0.15) is 10.5 Å². The predicted molar refractivity (Wildman–Crippen MR) is 376 cm³/mol. The second-order valence-corrected chi connectivity index (χ2v) is 29.4. The standard InChI is InChI=1S/C36H33BrN4O8.C36H34N4O8.C4H4BrNO2/c1-15-28(37)20-10-22-24(12-38)41-23(29(39(22)4)27(20)30(43)32(15)46-5)11-21-26(34-33(47-14-48-34)16(2)31(21)49-17(3)42)25(41)13-40-35(44)18-8-6-7-9-19(18)36(40)45;1-16-10-19-11-23-25(13-37)40-24(29(38(23)4)27(19)30(42)31(16)45-5)12-22-28(34-33(46-15-47-34)17(2)32(22)48-18(3)41)26(40)14-39-35(43)20-8-6-7-9-21(20)36(39)44;5-6-3(7)1-2-4(6)8/h6-9,22-25,29,43H,10-11,13-14H2,1-5H3;6-10,23-26,29,42H,11-12,14-15H2,1-5H3;1-2H2/t22-,23?,24?,25-,29-;23-,24?,25?,26-,29-;/m00./s1. The van der Waals surface area contributed by atoms with Crippen molar-refractivity contribution in [1.82, 2.24) is 33.3 Å². The van der Waals surface area contributed by atoms with Gasteiger partial charge in [-0.05, 0) is 108 Å². The van der Waals surface area contributed by atoms with E-state index in [4.69, 9.17) is 37.9 Å². The zero-order valence-electron chi connectivity index (χ0n) is 58.7. The lowest BCUT2D eigenvalue weighted by Gasteiger charge is -2.60. The van der Waals surface area contributed by atoms with Crippen molar-refractivity contribution in [2.45, 2.75) is 140 Å². The van der Waals surface area contributed by atoms with Crippen molar-refractivity contribution in [3.63, 3.8) is 0 Å². The number of ether oxygens (including phenoxy) is 8. The number of esters is 2. The summed E-state index contributed by atoms with van der Waals surface area (Å²) in [6.45, 7) is 9.68. The molecule has 105 heavy (non-hydrogen) atoms. The van der Waals surface area contributed by atoms with Crippen molar-refractivity contribution in [3.8, 4) is 69.6 Å². The van der Waals surface area contributed by atoms with Gasteiger partial charge in [0.2, 0.25) is 25.4 Å². The molecule has 11 heterocycles. The molecule has 0 radical (unpaired) electrons. The number of aromatic hydroxyl groups is 2. The zero-order chi connectivity index (χ0) is 74.5. The molecule has 0 aliphatic carbocycles. The number of likely N-dealkylation sites (N-methyl/N-ethyl adjacent to an activating group) is 2. The molecule has 2 N–H and O–H groups in total. The van der Waals surface area contributed by atoms with Gasteiger partial charge in [0.25, 0.3) is 23.6 Å². The first-order valence-corrected chi connectivity index (χ1v) is 35.7. The van der Waals surface area contributed by atoms with E-state index in [1.54, 1.807) is 62.4 Å². The molecule has 542 valence electrons. The van der Waals surface area contributed by atoms with E-state index in [2.05, 4.69) is 63.8 Å². The molecular weight excluding hydrogens is 1490 g/mol. The number of phenols is 2. The number of aryl methyl sites for hydroxylation is 1. The zero-order valence-corrected chi connectivity index (χ0v) is 61.9. The smallest absolute Gasteiger partial charge is 0.308 e. The number of nitriles is 2. The first-order chi connectivity index (χ1) is 50.3. The lowest BCUT2D eigenvalue weighted by Crippen LogP contribution is -2.69. The summed E-state index contributed by atoms with van der Waals surface area (Å²) in [5.41, 5.74) is 9.75. The Morgan fingerprint density at radius 3 is 1.32 bits per heavy atom. The molecule has 3 fully saturated rings. The van der Waals surface area contributed by atoms with Crippen LogP contribution in [0.5, 0.6) is 57.5 Å². The lowest BCUT2D eigenvalue weighted by atomic mass is 9.71. The Kier molecular flexibility index (Phi) is 17.8. The minimum atomic E-state index is -0.760. The number of nitrogens with zero attached hydrogens (tertiary/aromatic N) is 9. The summed E-state index contributed by atoms with van der Waals surface area (Å²) in [7, 11) is 6.94. The van der Waals surface area contributed by atoms with Crippen LogP contribution in [0.25, 0.3) is 0 Å². The third kappa shape index (κ3) is 10.6. The maximum Gasteiger partial charge on any atom is 0.308 e. The number of piperazine rings is 2. The van der Waals surface area contributed by atoms with Crippen LogP contribution in [0.2, 0.25) is 0 Å². The number of benzene rings is 6. The Hall–Kier alpha value is -10.1. The normalized spacial score (nSPS) is 24.7. The van der Waals surface area contributed by atoms with Crippen LogP contribution in [0.1, 0.15) is 159 Å². The number of amides is 6. The van der Waals surface area contributed by atoms with Gasteiger partial charge in [0.1, 0.15) is 23.6 Å². The summed E-state index contributed by atoms with van der Waals surface area (Å²) in [6.07, 6.45) is 2.23. The van der Waals surface area contributed by atoms with E-state index in [0.717, 1.165) is 30.7 Å². The highest BCUT2D eigenvalue weighted by molar-refractivity contribution is 9.10. The van der Waals surface area contributed by atoms with Crippen LogP contribution in [0.4, 0.5) is 0 Å².